The van der Waals surface area contributed by atoms with Gasteiger partial charge in [-0.25, -0.2) is 0 Å². The Balaban J connectivity index is 2.09. The van der Waals surface area contributed by atoms with Crippen molar-refractivity contribution >= 4 is 11.8 Å². The van der Waals surface area contributed by atoms with Crippen LogP contribution in [0.4, 0.5) is 0 Å². The maximum Gasteiger partial charge on any atom is 0.0195 e. The van der Waals surface area contributed by atoms with Crippen molar-refractivity contribution in [2.24, 2.45) is 0 Å². The molecular weight excluding hydrogens is 204 g/mol. The summed E-state index contributed by atoms with van der Waals surface area (Å²) in [5, 5.41) is 3.59. The molecule has 1 fully saturated rings. The normalized spacial score (nSPS) is 22.9. The number of hydrogen-bond donors (Lipinski definition) is 1. The second-order valence-electron chi connectivity index (χ2n) is 4.10. The van der Waals surface area contributed by atoms with Gasteiger partial charge in [-0.1, -0.05) is 19.4 Å². The van der Waals surface area contributed by atoms with Crippen LogP contribution >= 0.6 is 11.8 Å². The topological polar surface area (TPSA) is 15.3 Å². The summed E-state index contributed by atoms with van der Waals surface area (Å²) >= 11 is 1.98. The van der Waals surface area contributed by atoms with Crippen LogP contribution in [0.2, 0.25) is 0 Å². The van der Waals surface area contributed by atoms with Gasteiger partial charge in [0.2, 0.25) is 0 Å². The Morgan fingerprint density at radius 3 is 3.20 bits per heavy atom. The summed E-state index contributed by atoms with van der Waals surface area (Å²) in [5.74, 6) is 2.33. The molecule has 1 N–H and O–H groups in total. The molecule has 1 atom stereocenters. The maximum absolute atomic E-state index is 3.74. The number of nitrogens with one attached hydrogen (secondary N) is 1. The van der Waals surface area contributed by atoms with Crippen molar-refractivity contribution in [3.63, 3.8) is 0 Å². The van der Waals surface area contributed by atoms with E-state index in [1.165, 1.54) is 38.2 Å². The molecule has 1 unspecified atom stereocenters. The zero-order valence-corrected chi connectivity index (χ0v) is 10.7. The highest BCUT2D eigenvalue weighted by molar-refractivity contribution is 7.99. The SMILES string of the molecule is C=CCSCCN1CCNC(CCC)C1. The third-order valence-corrected chi connectivity index (χ3v) is 3.71. The zero-order chi connectivity index (χ0) is 10.9. The van der Waals surface area contributed by atoms with Crippen molar-refractivity contribution in [2.75, 3.05) is 37.7 Å². The van der Waals surface area contributed by atoms with Crippen LogP contribution in [0.5, 0.6) is 0 Å². The maximum atomic E-state index is 3.74. The first kappa shape index (κ1) is 13.1. The number of nitrogens with zero attached hydrogens (tertiary/aromatic N) is 1. The van der Waals surface area contributed by atoms with Crippen LogP contribution in [0, 0.1) is 0 Å². The fourth-order valence-corrected chi connectivity index (χ4v) is 2.72. The second-order valence-corrected chi connectivity index (χ2v) is 5.25. The lowest BCUT2D eigenvalue weighted by Crippen LogP contribution is -2.51. The molecule has 0 spiro atoms. The Hall–Kier alpha value is 0.01000. The number of rotatable bonds is 7. The molecule has 0 aliphatic carbocycles. The summed E-state index contributed by atoms with van der Waals surface area (Å²) in [7, 11) is 0. The molecule has 2 nitrogen and oxygen atoms in total. The van der Waals surface area contributed by atoms with E-state index >= 15 is 0 Å². The Morgan fingerprint density at radius 2 is 2.47 bits per heavy atom. The molecule has 0 aromatic rings. The summed E-state index contributed by atoms with van der Waals surface area (Å²) in [4.78, 5) is 2.59. The van der Waals surface area contributed by atoms with Crippen molar-refractivity contribution < 1.29 is 0 Å². The van der Waals surface area contributed by atoms with Gasteiger partial charge in [-0.3, -0.25) is 4.90 Å². The fourth-order valence-electron chi connectivity index (χ4n) is 2.00. The minimum absolute atomic E-state index is 0.730. The molecule has 1 rings (SSSR count). The van der Waals surface area contributed by atoms with Gasteiger partial charge >= 0.3 is 0 Å². The van der Waals surface area contributed by atoms with Crippen LogP contribution < -0.4 is 5.32 Å². The minimum Gasteiger partial charge on any atom is -0.311 e. The number of piperazine rings is 1. The van der Waals surface area contributed by atoms with Gasteiger partial charge < -0.3 is 5.32 Å². The molecule has 0 aromatic carbocycles. The van der Waals surface area contributed by atoms with E-state index in [9.17, 15) is 0 Å². The quantitative estimate of drug-likeness (QED) is 0.530. The van der Waals surface area contributed by atoms with E-state index in [-0.39, 0.29) is 0 Å². The zero-order valence-electron chi connectivity index (χ0n) is 9.87. The average Bonchev–Trinajstić information content (AvgIpc) is 2.26. The Morgan fingerprint density at radius 1 is 1.60 bits per heavy atom. The third-order valence-electron chi connectivity index (χ3n) is 2.76. The molecule has 1 saturated heterocycles. The third kappa shape index (κ3) is 5.59. The van der Waals surface area contributed by atoms with Gasteiger partial charge in [-0.15, -0.1) is 6.58 Å². The predicted molar refractivity (Wildman–Crippen MR) is 70.7 cm³/mol. The molecule has 0 saturated carbocycles. The molecule has 1 aliphatic rings. The van der Waals surface area contributed by atoms with Gasteiger partial charge in [-0.05, 0) is 6.42 Å². The molecule has 0 radical (unpaired) electrons. The van der Waals surface area contributed by atoms with Gasteiger partial charge in [0.05, 0.1) is 0 Å². The molecular formula is C12H24N2S. The van der Waals surface area contributed by atoms with Crippen LogP contribution in [0.3, 0.4) is 0 Å². The van der Waals surface area contributed by atoms with E-state index in [1.54, 1.807) is 0 Å². The first-order chi connectivity index (χ1) is 7.36. The van der Waals surface area contributed by atoms with E-state index in [2.05, 4.69) is 23.7 Å². The first-order valence-corrected chi connectivity index (χ1v) is 7.16. The number of hydrogen-bond acceptors (Lipinski definition) is 3. The molecule has 88 valence electrons. The molecule has 0 bridgehead atoms. The van der Waals surface area contributed by atoms with Crippen LogP contribution in [0.1, 0.15) is 19.8 Å². The highest BCUT2D eigenvalue weighted by atomic mass is 32.2. The van der Waals surface area contributed by atoms with Crippen molar-refractivity contribution in [2.45, 2.75) is 25.8 Å². The molecule has 3 heteroatoms. The lowest BCUT2D eigenvalue weighted by Gasteiger charge is -2.33. The van der Waals surface area contributed by atoms with Gasteiger partial charge in [0, 0.05) is 43.7 Å². The van der Waals surface area contributed by atoms with Crippen molar-refractivity contribution in [1.82, 2.24) is 10.2 Å². The van der Waals surface area contributed by atoms with Gasteiger partial charge in [0.25, 0.3) is 0 Å². The highest BCUT2D eigenvalue weighted by Crippen LogP contribution is 2.07. The van der Waals surface area contributed by atoms with Crippen molar-refractivity contribution in [3.8, 4) is 0 Å². The van der Waals surface area contributed by atoms with Crippen molar-refractivity contribution in [1.29, 1.82) is 0 Å². The van der Waals surface area contributed by atoms with Crippen LogP contribution in [0.15, 0.2) is 12.7 Å². The number of thioether (sulfide) groups is 1. The van der Waals surface area contributed by atoms with E-state index in [0.717, 1.165) is 18.3 Å². The van der Waals surface area contributed by atoms with Gasteiger partial charge in [-0.2, -0.15) is 11.8 Å². The monoisotopic (exact) mass is 228 g/mol. The van der Waals surface area contributed by atoms with E-state index in [1.807, 2.05) is 17.8 Å². The summed E-state index contributed by atoms with van der Waals surface area (Å²) in [6.07, 6.45) is 4.59. The largest absolute Gasteiger partial charge is 0.311 e. The molecule has 0 amide bonds. The fraction of sp³-hybridized carbons (Fsp3) is 0.833. The smallest absolute Gasteiger partial charge is 0.0195 e. The lowest BCUT2D eigenvalue weighted by atomic mass is 10.1. The molecule has 15 heavy (non-hydrogen) atoms. The Labute approximate surface area is 98.5 Å². The molecule has 1 heterocycles. The Bertz CT molecular complexity index is 171. The van der Waals surface area contributed by atoms with E-state index in [4.69, 9.17) is 0 Å². The average molecular weight is 228 g/mol. The van der Waals surface area contributed by atoms with Gasteiger partial charge in [0.1, 0.15) is 0 Å². The summed E-state index contributed by atoms with van der Waals surface area (Å²) < 4.78 is 0. The van der Waals surface area contributed by atoms with Crippen LogP contribution in [-0.4, -0.2) is 48.6 Å². The van der Waals surface area contributed by atoms with Crippen LogP contribution in [0.25, 0.3) is 0 Å². The molecule has 0 aromatic heterocycles. The van der Waals surface area contributed by atoms with E-state index in [0.29, 0.717) is 0 Å². The predicted octanol–water partition coefficient (Wildman–Crippen LogP) is 1.98. The highest BCUT2D eigenvalue weighted by Gasteiger charge is 2.17. The summed E-state index contributed by atoms with van der Waals surface area (Å²) in [6.45, 7) is 10.9. The Kier molecular flexibility index (Phi) is 7.14. The standard InChI is InChI=1S/C12H24N2S/c1-3-5-12-11-14(7-6-13-12)8-10-15-9-4-2/h4,12-13H,2-3,5-11H2,1H3. The summed E-state index contributed by atoms with van der Waals surface area (Å²) in [5.41, 5.74) is 0. The molecule has 1 aliphatic heterocycles. The van der Waals surface area contributed by atoms with Crippen molar-refractivity contribution in [3.05, 3.63) is 12.7 Å². The second kappa shape index (κ2) is 8.20. The minimum atomic E-state index is 0.730. The van der Waals surface area contributed by atoms with E-state index < -0.39 is 0 Å². The van der Waals surface area contributed by atoms with Gasteiger partial charge in [0.15, 0.2) is 0 Å². The van der Waals surface area contributed by atoms with Crippen LogP contribution in [-0.2, 0) is 0 Å². The lowest BCUT2D eigenvalue weighted by molar-refractivity contribution is 0.204. The summed E-state index contributed by atoms with van der Waals surface area (Å²) in [6, 6.07) is 0.730. The first-order valence-electron chi connectivity index (χ1n) is 6.01.